The maximum atomic E-state index is 10.8. The molecule has 0 N–H and O–H groups in total. The van der Waals surface area contributed by atoms with E-state index in [1.165, 1.54) is 18.6 Å². The molecular weight excluding hydrogens is 240 g/mol. The summed E-state index contributed by atoms with van der Waals surface area (Å²) in [6.07, 6.45) is 3.23. The minimum Gasteiger partial charge on any atom is -0.212 e. The van der Waals surface area contributed by atoms with Gasteiger partial charge in [-0.1, -0.05) is 12.2 Å². The third-order valence-corrected chi connectivity index (χ3v) is 4.57. The SMILES string of the molecule is C=C(CC1CCCSC1)CS(=O)(=O)Cl. The molecule has 1 rings (SSSR count). The van der Waals surface area contributed by atoms with Crippen molar-refractivity contribution in [2.24, 2.45) is 5.92 Å². The van der Waals surface area contributed by atoms with Crippen LogP contribution in [-0.2, 0) is 9.05 Å². The molecule has 0 radical (unpaired) electrons. The standard InChI is InChI=1S/C9H15ClO2S2/c1-8(7-14(10,11)12)5-9-3-2-4-13-6-9/h9H,1-7H2. The summed E-state index contributed by atoms with van der Waals surface area (Å²) in [6, 6.07) is 0. The number of thioether (sulfide) groups is 1. The van der Waals surface area contributed by atoms with Gasteiger partial charge in [0.25, 0.3) is 0 Å². The molecule has 82 valence electrons. The van der Waals surface area contributed by atoms with Crippen LogP contribution >= 0.6 is 22.4 Å². The Bertz CT molecular complexity index is 292. The third-order valence-electron chi connectivity index (χ3n) is 2.21. The van der Waals surface area contributed by atoms with Gasteiger partial charge in [-0.15, -0.1) is 0 Å². The van der Waals surface area contributed by atoms with E-state index in [1.807, 2.05) is 11.8 Å². The molecule has 1 fully saturated rings. The molecule has 0 spiro atoms. The second kappa shape index (κ2) is 5.42. The van der Waals surface area contributed by atoms with Crippen LogP contribution in [-0.4, -0.2) is 25.7 Å². The zero-order chi connectivity index (χ0) is 10.6. The first-order valence-electron chi connectivity index (χ1n) is 4.64. The van der Waals surface area contributed by atoms with Crippen LogP contribution in [0.3, 0.4) is 0 Å². The Morgan fingerprint density at radius 1 is 1.57 bits per heavy atom. The lowest BCUT2D eigenvalue weighted by Gasteiger charge is -2.21. The fraction of sp³-hybridized carbons (Fsp3) is 0.778. The summed E-state index contributed by atoms with van der Waals surface area (Å²) in [5.41, 5.74) is 0.743. The lowest BCUT2D eigenvalue weighted by Crippen LogP contribution is -2.13. The van der Waals surface area contributed by atoms with Crippen molar-refractivity contribution in [2.45, 2.75) is 19.3 Å². The number of hydrogen-bond donors (Lipinski definition) is 0. The zero-order valence-corrected chi connectivity index (χ0v) is 10.4. The van der Waals surface area contributed by atoms with Gasteiger partial charge in [-0.25, -0.2) is 8.42 Å². The smallest absolute Gasteiger partial charge is 0.212 e. The van der Waals surface area contributed by atoms with E-state index in [1.54, 1.807) is 0 Å². The van der Waals surface area contributed by atoms with Gasteiger partial charge in [-0.3, -0.25) is 0 Å². The summed E-state index contributed by atoms with van der Waals surface area (Å²) in [5.74, 6) is 2.88. The van der Waals surface area contributed by atoms with Crippen molar-refractivity contribution >= 4 is 31.5 Å². The fourth-order valence-electron chi connectivity index (χ4n) is 1.68. The highest BCUT2D eigenvalue weighted by molar-refractivity contribution is 8.13. The van der Waals surface area contributed by atoms with Crippen LogP contribution in [0.1, 0.15) is 19.3 Å². The summed E-state index contributed by atoms with van der Waals surface area (Å²) in [4.78, 5) is 0. The molecule has 0 amide bonds. The van der Waals surface area contributed by atoms with Crippen LogP contribution in [0, 0.1) is 5.92 Å². The van der Waals surface area contributed by atoms with Gasteiger partial charge in [-0.05, 0) is 36.7 Å². The molecule has 1 aliphatic rings. The predicted octanol–water partition coefficient (Wildman–Crippen LogP) is 2.64. The molecule has 1 atom stereocenters. The topological polar surface area (TPSA) is 34.1 Å². The molecule has 0 bridgehead atoms. The Kier molecular flexibility index (Phi) is 4.80. The van der Waals surface area contributed by atoms with E-state index in [-0.39, 0.29) is 5.75 Å². The van der Waals surface area contributed by atoms with E-state index in [2.05, 4.69) is 6.58 Å². The number of rotatable bonds is 4. The van der Waals surface area contributed by atoms with Gasteiger partial charge in [0.15, 0.2) is 0 Å². The molecule has 1 aliphatic heterocycles. The summed E-state index contributed by atoms with van der Waals surface area (Å²) in [5, 5.41) is 0. The van der Waals surface area contributed by atoms with Gasteiger partial charge >= 0.3 is 0 Å². The van der Waals surface area contributed by atoms with E-state index in [0.29, 0.717) is 5.92 Å². The molecule has 0 aromatic rings. The maximum absolute atomic E-state index is 10.8. The summed E-state index contributed by atoms with van der Waals surface area (Å²) >= 11 is 1.94. The molecule has 2 nitrogen and oxygen atoms in total. The van der Waals surface area contributed by atoms with Crippen molar-refractivity contribution in [1.82, 2.24) is 0 Å². The Hall–Kier alpha value is 0.330. The highest BCUT2D eigenvalue weighted by atomic mass is 35.7. The van der Waals surface area contributed by atoms with Gasteiger partial charge in [0.2, 0.25) is 9.05 Å². The molecule has 1 heterocycles. The lowest BCUT2D eigenvalue weighted by atomic mass is 9.98. The van der Waals surface area contributed by atoms with E-state index in [9.17, 15) is 8.42 Å². The minimum atomic E-state index is -3.41. The van der Waals surface area contributed by atoms with E-state index in [4.69, 9.17) is 10.7 Å². The molecule has 0 aliphatic carbocycles. The van der Waals surface area contributed by atoms with Crippen LogP contribution in [0.15, 0.2) is 12.2 Å². The Labute approximate surface area is 94.5 Å². The van der Waals surface area contributed by atoms with Gasteiger partial charge in [0.1, 0.15) is 0 Å². The molecular formula is C9H15ClO2S2. The summed E-state index contributed by atoms with van der Waals surface area (Å²) < 4.78 is 21.6. The Balaban J connectivity index is 2.32. The van der Waals surface area contributed by atoms with E-state index in [0.717, 1.165) is 17.7 Å². The van der Waals surface area contributed by atoms with Gasteiger partial charge < -0.3 is 0 Å². The van der Waals surface area contributed by atoms with Crippen LogP contribution in [0.4, 0.5) is 0 Å². The minimum absolute atomic E-state index is 0.0737. The second-order valence-electron chi connectivity index (χ2n) is 3.72. The average Bonchev–Trinajstić information content (AvgIpc) is 2.02. The summed E-state index contributed by atoms with van der Waals surface area (Å²) in [6.45, 7) is 3.76. The zero-order valence-electron chi connectivity index (χ0n) is 8.04. The van der Waals surface area contributed by atoms with Crippen LogP contribution < -0.4 is 0 Å². The van der Waals surface area contributed by atoms with Crippen molar-refractivity contribution < 1.29 is 8.42 Å². The molecule has 5 heteroatoms. The molecule has 0 saturated carbocycles. The Morgan fingerprint density at radius 3 is 2.79 bits per heavy atom. The molecule has 0 aromatic heterocycles. The predicted molar refractivity (Wildman–Crippen MR) is 63.4 cm³/mol. The van der Waals surface area contributed by atoms with Crippen molar-refractivity contribution in [1.29, 1.82) is 0 Å². The Morgan fingerprint density at radius 2 is 2.29 bits per heavy atom. The van der Waals surface area contributed by atoms with Crippen molar-refractivity contribution in [3.63, 3.8) is 0 Å². The second-order valence-corrected chi connectivity index (χ2v) is 7.65. The highest BCUT2D eigenvalue weighted by Gasteiger charge is 2.17. The monoisotopic (exact) mass is 254 g/mol. The molecule has 14 heavy (non-hydrogen) atoms. The first kappa shape index (κ1) is 12.4. The van der Waals surface area contributed by atoms with Gasteiger partial charge in [0.05, 0.1) is 5.75 Å². The van der Waals surface area contributed by atoms with Gasteiger partial charge in [0, 0.05) is 10.7 Å². The highest BCUT2D eigenvalue weighted by Crippen LogP contribution is 2.27. The molecule has 1 unspecified atom stereocenters. The number of halogens is 1. The van der Waals surface area contributed by atoms with Crippen molar-refractivity contribution in [3.05, 3.63) is 12.2 Å². The van der Waals surface area contributed by atoms with E-state index < -0.39 is 9.05 Å². The quantitative estimate of drug-likeness (QED) is 0.571. The normalized spacial score (nSPS) is 23.4. The van der Waals surface area contributed by atoms with Crippen molar-refractivity contribution in [2.75, 3.05) is 17.3 Å². The maximum Gasteiger partial charge on any atom is 0.236 e. The van der Waals surface area contributed by atoms with Gasteiger partial charge in [-0.2, -0.15) is 11.8 Å². The van der Waals surface area contributed by atoms with Crippen LogP contribution in [0.25, 0.3) is 0 Å². The van der Waals surface area contributed by atoms with Crippen molar-refractivity contribution in [3.8, 4) is 0 Å². The largest absolute Gasteiger partial charge is 0.236 e. The molecule has 0 aromatic carbocycles. The third kappa shape index (κ3) is 5.27. The number of hydrogen-bond acceptors (Lipinski definition) is 3. The molecule has 1 saturated heterocycles. The lowest BCUT2D eigenvalue weighted by molar-refractivity contribution is 0.519. The van der Waals surface area contributed by atoms with E-state index >= 15 is 0 Å². The summed E-state index contributed by atoms with van der Waals surface area (Å²) in [7, 11) is 1.74. The first-order chi connectivity index (χ1) is 6.47. The average molecular weight is 255 g/mol. The van der Waals surface area contributed by atoms with Crippen LogP contribution in [0.5, 0.6) is 0 Å². The fourth-order valence-corrected chi connectivity index (χ4v) is 3.90. The van der Waals surface area contributed by atoms with Crippen LogP contribution in [0.2, 0.25) is 0 Å². The first-order valence-corrected chi connectivity index (χ1v) is 8.27.